The lowest BCUT2D eigenvalue weighted by Crippen LogP contribution is -2.30. The van der Waals surface area contributed by atoms with Crippen LogP contribution in [0.25, 0.3) is 21.7 Å². The average molecular weight is 381 g/mol. The van der Waals surface area contributed by atoms with Gasteiger partial charge in [0.25, 0.3) is 11.5 Å². The van der Waals surface area contributed by atoms with E-state index in [1.54, 1.807) is 25.4 Å². The van der Waals surface area contributed by atoms with Crippen LogP contribution >= 0.6 is 0 Å². The van der Waals surface area contributed by atoms with Crippen LogP contribution in [-0.4, -0.2) is 27.8 Å². The first-order valence-electron chi connectivity index (χ1n) is 8.72. The van der Waals surface area contributed by atoms with E-state index in [1.807, 2.05) is 19.1 Å². The predicted octanol–water partition coefficient (Wildman–Crippen LogP) is 4.12. The predicted molar refractivity (Wildman–Crippen MR) is 103 cm³/mol. The number of hydrogen-bond acceptors (Lipinski definition) is 2. The van der Waals surface area contributed by atoms with Gasteiger partial charge in [-0.05, 0) is 36.1 Å². The largest absolute Gasteiger partial charge is 0.350 e. The summed E-state index contributed by atoms with van der Waals surface area (Å²) in [6.07, 6.45) is 1.60. The summed E-state index contributed by atoms with van der Waals surface area (Å²) in [5, 5.41) is 1.44. The second kappa shape index (κ2) is 6.60. The Balaban J connectivity index is 1.72. The van der Waals surface area contributed by atoms with E-state index in [0.29, 0.717) is 5.39 Å². The van der Waals surface area contributed by atoms with Gasteiger partial charge in [0, 0.05) is 30.1 Å². The summed E-state index contributed by atoms with van der Waals surface area (Å²) in [5.74, 6) is -1.82. The molecule has 2 aromatic carbocycles. The fourth-order valence-corrected chi connectivity index (χ4v) is 3.43. The second-order valence-electron chi connectivity index (χ2n) is 6.74. The van der Waals surface area contributed by atoms with E-state index >= 15 is 0 Å². The van der Waals surface area contributed by atoms with Gasteiger partial charge in [-0.2, -0.15) is 0 Å². The normalized spacial score (nSPS) is 12.4. The Kier molecular flexibility index (Phi) is 4.22. The van der Waals surface area contributed by atoms with Crippen LogP contribution in [0, 0.1) is 11.6 Å². The van der Waals surface area contributed by atoms with E-state index < -0.39 is 11.6 Å². The van der Waals surface area contributed by atoms with Crippen LogP contribution < -0.4 is 5.56 Å². The van der Waals surface area contributed by atoms with Crippen LogP contribution in [-0.2, 0) is 0 Å². The Bertz CT molecular complexity index is 1280. The summed E-state index contributed by atoms with van der Waals surface area (Å²) in [5.41, 5.74) is 0.951. The van der Waals surface area contributed by atoms with Crippen molar-refractivity contribution in [1.82, 2.24) is 14.9 Å². The van der Waals surface area contributed by atoms with Gasteiger partial charge in [0.05, 0.1) is 11.6 Å². The second-order valence-corrected chi connectivity index (χ2v) is 6.74. The zero-order valence-electron chi connectivity index (χ0n) is 15.2. The molecule has 2 N–H and O–H groups in total. The molecule has 5 nitrogen and oxygen atoms in total. The van der Waals surface area contributed by atoms with Gasteiger partial charge < -0.3 is 14.9 Å². The number of H-pyrrole nitrogens is 2. The average Bonchev–Trinajstić information content (AvgIpc) is 3.11. The molecule has 1 amide bonds. The number of carbonyl (C=O) groups is 1. The topological polar surface area (TPSA) is 69.0 Å². The minimum Gasteiger partial charge on any atom is -0.350 e. The number of carbonyl (C=O) groups excluding carboxylic acids is 1. The molecule has 0 saturated heterocycles. The van der Waals surface area contributed by atoms with Crippen LogP contribution in [0.3, 0.4) is 0 Å². The highest BCUT2D eigenvalue weighted by atomic mass is 19.1. The first kappa shape index (κ1) is 17.9. The molecule has 0 aliphatic rings. The Morgan fingerprint density at radius 2 is 1.79 bits per heavy atom. The Labute approximate surface area is 158 Å². The van der Waals surface area contributed by atoms with Crippen molar-refractivity contribution in [2.75, 3.05) is 7.05 Å². The smallest absolute Gasteiger partial charge is 0.270 e. The number of pyridine rings is 1. The van der Waals surface area contributed by atoms with Gasteiger partial charge in [0.2, 0.25) is 0 Å². The fraction of sp³-hybridized carbons (Fsp3) is 0.143. The summed E-state index contributed by atoms with van der Waals surface area (Å²) in [6, 6.07) is 10.1. The quantitative estimate of drug-likeness (QED) is 0.560. The lowest BCUT2D eigenvalue weighted by Gasteiger charge is -2.25. The molecule has 142 valence electrons. The lowest BCUT2D eigenvalue weighted by atomic mass is 10.0. The monoisotopic (exact) mass is 381 g/mol. The maximum absolute atomic E-state index is 13.9. The minimum absolute atomic E-state index is 0.153. The van der Waals surface area contributed by atoms with Crippen LogP contribution in [0.1, 0.15) is 29.0 Å². The van der Waals surface area contributed by atoms with Crippen molar-refractivity contribution in [3.63, 3.8) is 0 Å². The van der Waals surface area contributed by atoms with Crippen molar-refractivity contribution in [2.24, 2.45) is 0 Å². The highest BCUT2D eigenvalue weighted by molar-refractivity contribution is 5.98. The van der Waals surface area contributed by atoms with Crippen LogP contribution in [0.5, 0.6) is 0 Å². The van der Waals surface area contributed by atoms with E-state index in [2.05, 4.69) is 9.97 Å². The number of aromatic nitrogens is 2. The van der Waals surface area contributed by atoms with E-state index in [0.717, 1.165) is 23.1 Å². The van der Waals surface area contributed by atoms with Crippen LogP contribution in [0.15, 0.2) is 53.5 Å². The summed E-state index contributed by atoms with van der Waals surface area (Å²) in [4.78, 5) is 31.9. The molecule has 0 saturated carbocycles. The zero-order chi connectivity index (χ0) is 20.0. The van der Waals surface area contributed by atoms with Crippen molar-refractivity contribution in [3.05, 3.63) is 81.9 Å². The Morgan fingerprint density at radius 1 is 1.07 bits per heavy atom. The number of fused-ring (bicyclic) bond motifs is 2. The maximum Gasteiger partial charge on any atom is 0.270 e. The molecule has 0 spiro atoms. The molecule has 0 fully saturated rings. The minimum atomic E-state index is -0.729. The standard InChI is InChI=1S/C21H17F2N3O2/c1-11(16-10-24-20(27)14-6-4-3-5-13(14)16)26(2)21(28)19-9-15-17(23)7-12(22)8-18(15)25-19/h3-11,25H,1-2H3,(H,24,27)/t11-/m1/s1. The SMILES string of the molecule is C[C@H](c1c[nH]c(=O)c2ccccc12)N(C)C(=O)c1cc2c(F)cc(F)cc2[nH]1. The first-order chi connectivity index (χ1) is 13.4. The molecule has 0 radical (unpaired) electrons. The summed E-state index contributed by atoms with van der Waals surface area (Å²) < 4.78 is 27.4. The highest BCUT2D eigenvalue weighted by Crippen LogP contribution is 2.27. The third-order valence-corrected chi connectivity index (χ3v) is 5.08. The summed E-state index contributed by atoms with van der Waals surface area (Å²) in [6.45, 7) is 1.83. The molecule has 2 heterocycles. The van der Waals surface area contributed by atoms with Gasteiger partial charge in [0.1, 0.15) is 17.3 Å². The Hall–Kier alpha value is -3.48. The number of nitrogens with zero attached hydrogens (tertiary/aromatic N) is 1. The van der Waals surface area contributed by atoms with E-state index in [1.165, 1.54) is 11.0 Å². The number of benzene rings is 2. The van der Waals surface area contributed by atoms with Gasteiger partial charge in [-0.25, -0.2) is 8.78 Å². The van der Waals surface area contributed by atoms with E-state index in [9.17, 15) is 18.4 Å². The number of rotatable bonds is 3. The molecule has 0 aliphatic carbocycles. The van der Waals surface area contributed by atoms with Gasteiger partial charge in [-0.15, -0.1) is 0 Å². The van der Waals surface area contributed by atoms with Gasteiger partial charge in [-0.1, -0.05) is 18.2 Å². The van der Waals surface area contributed by atoms with Gasteiger partial charge in [0.15, 0.2) is 0 Å². The molecular weight excluding hydrogens is 364 g/mol. The molecular formula is C21H17F2N3O2. The zero-order valence-corrected chi connectivity index (χ0v) is 15.2. The van der Waals surface area contributed by atoms with Crippen LogP contribution in [0.4, 0.5) is 8.78 Å². The van der Waals surface area contributed by atoms with Crippen molar-refractivity contribution >= 4 is 27.6 Å². The third-order valence-electron chi connectivity index (χ3n) is 5.08. The maximum atomic E-state index is 13.9. The van der Waals surface area contributed by atoms with Crippen molar-refractivity contribution in [3.8, 4) is 0 Å². The number of amides is 1. The molecule has 28 heavy (non-hydrogen) atoms. The number of nitrogens with one attached hydrogen (secondary N) is 2. The van der Waals surface area contributed by atoms with Crippen molar-refractivity contribution in [2.45, 2.75) is 13.0 Å². The highest BCUT2D eigenvalue weighted by Gasteiger charge is 2.23. The Morgan fingerprint density at radius 3 is 2.54 bits per heavy atom. The molecule has 7 heteroatoms. The number of hydrogen-bond donors (Lipinski definition) is 2. The first-order valence-corrected chi connectivity index (χ1v) is 8.72. The van der Waals surface area contributed by atoms with Crippen molar-refractivity contribution in [1.29, 1.82) is 0 Å². The lowest BCUT2D eigenvalue weighted by molar-refractivity contribution is 0.0738. The van der Waals surface area contributed by atoms with Crippen molar-refractivity contribution < 1.29 is 13.6 Å². The van der Waals surface area contributed by atoms with E-state index in [-0.39, 0.29) is 34.1 Å². The summed E-state index contributed by atoms with van der Waals surface area (Å²) >= 11 is 0. The molecule has 0 aliphatic heterocycles. The molecule has 2 aromatic heterocycles. The molecule has 0 bridgehead atoms. The fourth-order valence-electron chi connectivity index (χ4n) is 3.43. The van der Waals surface area contributed by atoms with E-state index in [4.69, 9.17) is 0 Å². The molecule has 1 atom stereocenters. The third kappa shape index (κ3) is 2.85. The van der Waals surface area contributed by atoms with Gasteiger partial charge in [-0.3, -0.25) is 9.59 Å². The molecule has 4 aromatic rings. The number of halogens is 2. The summed E-state index contributed by atoms with van der Waals surface area (Å²) in [7, 11) is 1.62. The number of aromatic amines is 2. The van der Waals surface area contributed by atoms with Crippen LogP contribution in [0.2, 0.25) is 0 Å². The molecule has 4 rings (SSSR count). The molecule has 0 unspecified atom stereocenters. The van der Waals surface area contributed by atoms with Gasteiger partial charge >= 0.3 is 0 Å².